The number of amides is 2. The summed E-state index contributed by atoms with van der Waals surface area (Å²) < 4.78 is 0. The van der Waals surface area contributed by atoms with Gasteiger partial charge in [-0.25, -0.2) is 4.98 Å². The van der Waals surface area contributed by atoms with E-state index in [2.05, 4.69) is 15.6 Å². The van der Waals surface area contributed by atoms with Gasteiger partial charge in [0, 0.05) is 6.04 Å². The van der Waals surface area contributed by atoms with Crippen molar-refractivity contribution in [3.8, 4) is 0 Å². The SMILES string of the molecule is CC(NC(=O)c1cccc(C(=O)NC2CCCC2)n1)c1ccccc1. The molecule has 0 radical (unpaired) electrons. The lowest BCUT2D eigenvalue weighted by molar-refractivity contribution is 0.0929. The first-order chi connectivity index (χ1) is 12.1. The number of benzene rings is 1. The maximum atomic E-state index is 12.4. The van der Waals surface area contributed by atoms with Gasteiger partial charge in [0.1, 0.15) is 11.4 Å². The van der Waals surface area contributed by atoms with Gasteiger partial charge >= 0.3 is 0 Å². The first-order valence-corrected chi connectivity index (χ1v) is 8.77. The first kappa shape index (κ1) is 17.1. The van der Waals surface area contributed by atoms with Crippen LogP contribution in [-0.4, -0.2) is 22.8 Å². The summed E-state index contributed by atoms with van der Waals surface area (Å²) >= 11 is 0. The molecule has 2 N–H and O–H groups in total. The van der Waals surface area contributed by atoms with Crippen LogP contribution in [0.4, 0.5) is 0 Å². The zero-order chi connectivity index (χ0) is 17.6. The Bertz CT molecular complexity index is 740. The predicted octanol–water partition coefficient (Wildman–Crippen LogP) is 3.25. The molecule has 1 fully saturated rings. The minimum atomic E-state index is -0.285. The van der Waals surface area contributed by atoms with Gasteiger partial charge in [0.25, 0.3) is 11.8 Å². The van der Waals surface area contributed by atoms with Crippen molar-refractivity contribution in [1.82, 2.24) is 15.6 Å². The van der Waals surface area contributed by atoms with Crippen LogP contribution < -0.4 is 10.6 Å². The lowest BCUT2D eigenvalue weighted by Crippen LogP contribution is -2.34. The predicted molar refractivity (Wildman–Crippen MR) is 96.3 cm³/mol. The maximum Gasteiger partial charge on any atom is 0.270 e. The fraction of sp³-hybridized carbons (Fsp3) is 0.350. The lowest BCUT2D eigenvalue weighted by Gasteiger charge is -2.15. The van der Waals surface area contributed by atoms with Gasteiger partial charge in [0.05, 0.1) is 6.04 Å². The Labute approximate surface area is 147 Å². The smallest absolute Gasteiger partial charge is 0.270 e. The Hall–Kier alpha value is -2.69. The van der Waals surface area contributed by atoms with Crippen molar-refractivity contribution in [2.45, 2.75) is 44.7 Å². The summed E-state index contributed by atoms with van der Waals surface area (Å²) in [7, 11) is 0. The Morgan fingerprint density at radius 2 is 1.60 bits per heavy atom. The molecule has 0 aliphatic heterocycles. The van der Waals surface area contributed by atoms with Gasteiger partial charge in [-0.2, -0.15) is 0 Å². The summed E-state index contributed by atoms with van der Waals surface area (Å²) in [6, 6.07) is 14.8. The molecule has 0 saturated heterocycles. The summed E-state index contributed by atoms with van der Waals surface area (Å²) in [6.07, 6.45) is 4.33. The summed E-state index contributed by atoms with van der Waals surface area (Å²) in [5.74, 6) is -0.496. The molecule has 0 bridgehead atoms. The van der Waals surface area contributed by atoms with E-state index in [1.165, 1.54) is 0 Å². The molecule has 1 aromatic carbocycles. The summed E-state index contributed by atoms with van der Waals surface area (Å²) in [5.41, 5.74) is 1.56. The van der Waals surface area contributed by atoms with Crippen molar-refractivity contribution in [3.05, 3.63) is 65.5 Å². The van der Waals surface area contributed by atoms with Gasteiger partial charge in [0.15, 0.2) is 0 Å². The third kappa shape index (κ3) is 4.44. The number of nitrogens with zero attached hydrogens (tertiary/aromatic N) is 1. The molecule has 1 aliphatic rings. The number of pyridine rings is 1. The highest BCUT2D eigenvalue weighted by Crippen LogP contribution is 2.18. The zero-order valence-corrected chi connectivity index (χ0v) is 14.4. The van der Waals surface area contributed by atoms with Crippen molar-refractivity contribution in [2.24, 2.45) is 0 Å². The fourth-order valence-corrected chi connectivity index (χ4v) is 3.11. The number of rotatable bonds is 5. The van der Waals surface area contributed by atoms with E-state index in [0.29, 0.717) is 0 Å². The molecule has 1 aliphatic carbocycles. The molecule has 0 spiro atoms. The van der Waals surface area contributed by atoms with E-state index < -0.39 is 0 Å². The average Bonchev–Trinajstić information content (AvgIpc) is 3.15. The van der Waals surface area contributed by atoms with Crippen LogP contribution in [0.25, 0.3) is 0 Å². The molecule has 1 aromatic heterocycles. The molecule has 130 valence electrons. The molecule has 1 saturated carbocycles. The van der Waals surface area contributed by atoms with Gasteiger partial charge in [-0.05, 0) is 37.5 Å². The molecule has 1 atom stereocenters. The van der Waals surface area contributed by atoms with Gasteiger partial charge < -0.3 is 10.6 Å². The molecule has 2 aromatic rings. The largest absolute Gasteiger partial charge is 0.348 e. The molecule has 1 heterocycles. The van der Waals surface area contributed by atoms with Crippen LogP contribution in [0.2, 0.25) is 0 Å². The number of carbonyl (C=O) groups is 2. The summed E-state index contributed by atoms with van der Waals surface area (Å²) in [4.78, 5) is 29.0. The van der Waals surface area contributed by atoms with E-state index in [1.54, 1.807) is 18.2 Å². The van der Waals surface area contributed by atoms with E-state index in [-0.39, 0.29) is 35.3 Å². The highest BCUT2D eigenvalue weighted by atomic mass is 16.2. The topological polar surface area (TPSA) is 71.1 Å². The number of nitrogens with one attached hydrogen (secondary N) is 2. The highest BCUT2D eigenvalue weighted by molar-refractivity contribution is 5.96. The molecule has 1 unspecified atom stereocenters. The van der Waals surface area contributed by atoms with E-state index in [1.807, 2.05) is 37.3 Å². The molecule has 3 rings (SSSR count). The molecule has 2 amide bonds. The van der Waals surface area contributed by atoms with Gasteiger partial charge in [-0.1, -0.05) is 49.2 Å². The minimum absolute atomic E-state index is 0.133. The second-order valence-corrected chi connectivity index (χ2v) is 6.47. The van der Waals surface area contributed by atoms with Crippen molar-refractivity contribution in [1.29, 1.82) is 0 Å². The number of aromatic nitrogens is 1. The first-order valence-electron chi connectivity index (χ1n) is 8.77. The minimum Gasteiger partial charge on any atom is -0.348 e. The number of hydrogen-bond acceptors (Lipinski definition) is 3. The van der Waals surface area contributed by atoms with Crippen molar-refractivity contribution in [2.75, 3.05) is 0 Å². The fourth-order valence-electron chi connectivity index (χ4n) is 3.11. The third-order valence-corrected chi connectivity index (χ3v) is 4.55. The van der Waals surface area contributed by atoms with Gasteiger partial charge in [-0.15, -0.1) is 0 Å². The monoisotopic (exact) mass is 337 g/mol. The Morgan fingerprint density at radius 3 is 2.28 bits per heavy atom. The molecular formula is C20H23N3O2. The molecule has 5 nitrogen and oxygen atoms in total. The van der Waals surface area contributed by atoms with Crippen molar-refractivity contribution < 1.29 is 9.59 Å². The highest BCUT2D eigenvalue weighted by Gasteiger charge is 2.20. The van der Waals surface area contributed by atoms with E-state index in [4.69, 9.17) is 0 Å². The van der Waals surface area contributed by atoms with Crippen LogP contribution in [0, 0.1) is 0 Å². The van der Waals surface area contributed by atoms with Crippen LogP contribution >= 0.6 is 0 Å². The molecular weight excluding hydrogens is 314 g/mol. The normalized spacial score (nSPS) is 15.6. The van der Waals surface area contributed by atoms with E-state index in [0.717, 1.165) is 31.2 Å². The standard InChI is InChI=1S/C20H23N3O2/c1-14(15-8-3-2-4-9-15)21-19(24)17-12-7-13-18(23-17)20(25)22-16-10-5-6-11-16/h2-4,7-9,12-14,16H,5-6,10-11H2,1H3,(H,21,24)(H,22,25). The quantitative estimate of drug-likeness (QED) is 0.880. The van der Waals surface area contributed by atoms with E-state index in [9.17, 15) is 9.59 Å². The van der Waals surface area contributed by atoms with Crippen LogP contribution in [0.15, 0.2) is 48.5 Å². The van der Waals surface area contributed by atoms with Crippen LogP contribution in [0.1, 0.15) is 65.2 Å². The second-order valence-electron chi connectivity index (χ2n) is 6.47. The Morgan fingerprint density at radius 1 is 0.960 bits per heavy atom. The Balaban J connectivity index is 1.65. The third-order valence-electron chi connectivity index (χ3n) is 4.55. The second kappa shape index (κ2) is 7.92. The van der Waals surface area contributed by atoms with Gasteiger partial charge in [0.2, 0.25) is 0 Å². The Kier molecular flexibility index (Phi) is 5.43. The number of hydrogen-bond donors (Lipinski definition) is 2. The van der Waals surface area contributed by atoms with Crippen LogP contribution in [0.5, 0.6) is 0 Å². The summed E-state index contributed by atoms with van der Waals surface area (Å²) in [5, 5.41) is 5.91. The molecule has 25 heavy (non-hydrogen) atoms. The van der Waals surface area contributed by atoms with Crippen molar-refractivity contribution in [3.63, 3.8) is 0 Å². The van der Waals surface area contributed by atoms with Crippen LogP contribution in [-0.2, 0) is 0 Å². The van der Waals surface area contributed by atoms with Gasteiger partial charge in [-0.3, -0.25) is 9.59 Å². The number of carbonyl (C=O) groups excluding carboxylic acids is 2. The maximum absolute atomic E-state index is 12.4. The average molecular weight is 337 g/mol. The van der Waals surface area contributed by atoms with Crippen LogP contribution in [0.3, 0.4) is 0 Å². The van der Waals surface area contributed by atoms with Crippen molar-refractivity contribution >= 4 is 11.8 Å². The molecule has 5 heteroatoms. The van der Waals surface area contributed by atoms with E-state index >= 15 is 0 Å². The summed E-state index contributed by atoms with van der Waals surface area (Å²) in [6.45, 7) is 1.92. The lowest BCUT2D eigenvalue weighted by atomic mass is 10.1. The zero-order valence-electron chi connectivity index (χ0n) is 14.4.